The van der Waals surface area contributed by atoms with Gasteiger partial charge in [0.15, 0.2) is 5.76 Å². The van der Waals surface area contributed by atoms with Crippen LogP contribution in [-0.2, 0) is 0 Å². The number of halogens is 1. The second kappa shape index (κ2) is 3.74. The smallest absolute Gasteiger partial charge is 0.292 e. The van der Waals surface area contributed by atoms with Crippen molar-refractivity contribution in [1.29, 1.82) is 0 Å². The first-order valence-corrected chi connectivity index (χ1v) is 4.56. The van der Waals surface area contributed by atoms with Crippen molar-refractivity contribution in [3.8, 4) is 11.3 Å². The summed E-state index contributed by atoms with van der Waals surface area (Å²) in [5, 5.41) is 0.0643. The molecule has 0 unspecified atom stereocenters. The topological polar surface area (TPSA) is 69.1 Å². The van der Waals surface area contributed by atoms with E-state index in [2.05, 4.69) is 4.98 Å². The Morgan fingerprint density at radius 1 is 1.47 bits per heavy atom. The lowest BCUT2D eigenvalue weighted by Crippen LogP contribution is -2.10. The van der Waals surface area contributed by atoms with E-state index >= 15 is 0 Å². The fourth-order valence-corrected chi connectivity index (χ4v) is 1.34. The summed E-state index contributed by atoms with van der Waals surface area (Å²) in [5.41, 5.74) is 6.28. The second-order valence-electron chi connectivity index (χ2n) is 2.92. The van der Waals surface area contributed by atoms with Crippen LogP contribution < -0.4 is 5.73 Å². The van der Waals surface area contributed by atoms with Gasteiger partial charge in [-0.1, -0.05) is 12.1 Å². The van der Waals surface area contributed by atoms with Crippen molar-refractivity contribution in [3.05, 3.63) is 41.4 Å². The summed E-state index contributed by atoms with van der Waals surface area (Å²) in [7, 11) is 0. The molecule has 5 heteroatoms. The molecule has 15 heavy (non-hydrogen) atoms. The second-order valence-corrected chi connectivity index (χ2v) is 3.25. The van der Waals surface area contributed by atoms with Crippen LogP contribution >= 0.6 is 11.6 Å². The van der Waals surface area contributed by atoms with Crippen LogP contribution in [0.25, 0.3) is 11.3 Å². The largest absolute Gasteiger partial charge is 0.428 e. The van der Waals surface area contributed by atoms with Crippen LogP contribution in [0, 0.1) is 0 Å². The number of carbonyl (C=O) groups excluding carboxylic acids is 1. The predicted molar refractivity (Wildman–Crippen MR) is 55.5 cm³/mol. The zero-order chi connectivity index (χ0) is 10.8. The maximum absolute atomic E-state index is 10.9. The van der Waals surface area contributed by atoms with Crippen LogP contribution in [0.2, 0.25) is 5.35 Å². The molecule has 1 aromatic carbocycles. The number of hydrogen-bond acceptors (Lipinski definition) is 3. The van der Waals surface area contributed by atoms with Gasteiger partial charge in [0.25, 0.3) is 5.35 Å². The first-order chi connectivity index (χ1) is 7.16. The van der Waals surface area contributed by atoms with Crippen molar-refractivity contribution in [2.45, 2.75) is 0 Å². The summed E-state index contributed by atoms with van der Waals surface area (Å²) in [4.78, 5) is 14.7. The van der Waals surface area contributed by atoms with E-state index in [1.807, 2.05) is 0 Å². The van der Waals surface area contributed by atoms with Crippen molar-refractivity contribution < 1.29 is 9.21 Å². The molecular weight excluding hydrogens is 216 g/mol. The lowest BCUT2D eigenvalue weighted by molar-refractivity contribution is 0.100. The Bertz CT molecular complexity index is 508. The Kier molecular flexibility index (Phi) is 2.43. The zero-order valence-electron chi connectivity index (χ0n) is 7.61. The quantitative estimate of drug-likeness (QED) is 0.846. The first-order valence-electron chi connectivity index (χ1n) is 4.18. The number of nitrogens with two attached hydrogens (primary N) is 1. The van der Waals surface area contributed by atoms with Gasteiger partial charge >= 0.3 is 0 Å². The number of oxazole rings is 1. The monoisotopic (exact) mass is 222 g/mol. The van der Waals surface area contributed by atoms with Crippen molar-refractivity contribution in [2.24, 2.45) is 5.73 Å². The minimum absolute atomic E-state index is 0.0643. The van der Waals surface area contributed by atoms with E-state index in [-0.39, 0.29) is 5.35 Å². The molecule has 2 aromatic rings. The zero-order valence-corrected chi connectivity index (χ0v) is 8.36. The summed E-state index contributed by atoms with van der Waals surface area (Å²) >= 11 is 5.54. The Balaban J connectivity index is 2.45. The molecule has 0 fully saturated rings. The van der Waals surface area contributed by atoms with Crippen LogP contribution in [0.5, 0.6) is 0 Å². The number of benzene rings is 1. The van der Waals surface area contributed by atoms with E-state index < -0.39 is 5.91 Å². The minimum Gasteiger partial charge on any atom is -0.428 e. The average Bonchev–Trinajstić information content (AvgIpc) is 2.65. The maximum atomic E-state index is 10.9. The van der Waals surface area contributed by atoms with Gasteiger partial charge in [-0.2, -0.15) is 0 Å². The third kappa shape index (κ3) is 1.99. The number of primary amides is 1. The third-order valence-corrected chi connectivity index (χ3v) is 2.08. The number of amides is 1. The van der Waals surface area contributed by atoms with Crippen LogP contribution in [0.4, 0.5) is 0 Å². The van der Waals surface area contributed by atoms with Crippen LogP contribution in [-0.4, -0.2) is 10.9 Å². The molecule has 1 amide bonds. The van der Waals surface area contributed by atoms with E-state index in [9.17, 15) is 4.79 Å². The molecule has 0 saturated heterocycles. The highest BCUT2D eigenvalue weighted by molar-refractivity contribution is 6.27. The van der Waals surface area contributed by atoms with Crippen LogP contribution in [0.1, 0.15) is 10.4 Å². The SMILES string of the molecule is NC(=O)c1cccc(-c2cnc(Cl)o2)c1. The van der Waals surface area contributed by atoms with Gasteiger partial charge in [0.1, 0.15) is 0 Å². The lowest BCUT2D eigenvalue weighted by Gasteiger charge is -1.98. The standard InChI is InChI=1S/C10H7ClN2O2/c11-10-13-5-8(15-10)6-2-1-3-7(4-6)9(12)14/h1-5H,(H2,12,14). The Morgan fingerprint density at radius 3 is 2.87 bits per heavy atom. The number of aromatic nitrogens is 1. The summed E-state index contributed by atoms with van der Waals surface area (Å²) in [5.74, 6) is 0.0190. The highest BCUT2D eigenvalue weighted by Gasteiger charge is 2.07. The fraction of sp³-hybridized carbons (Fsp3) is 0. The normalized spacial score (nSPS) is 10.2. The Morgan fingerprint density at radius 2 is 2.27 bits per heavy atom. The molecule has 1 aromatic heterocycles. The molecule has 2 rings (SSSR count). The van der Waals surface area contributed by atoms with Crippen molar-refractivity contribution in [3.63, 3.8) is 0 Å². The molecular formula is C10H7ClN2O2. The fourth-order valence-electron chi connectivity index (χ4n) is 1.21. The van der Waals surface area contributed by atoms with E-state index in [1.54, 1.807) is 24.3 Å². The van der Waals surface area contributed by atoms with Crippen LogP contribution in [0.15, 0.2) is 34.9 Å². The van der Waals surface area contributed by atoms with E-state index in [0.29, 0.717) is 16.9 Å². The highest BCUT2D eigenvalue weighted by atomic mass is 35.5. The summed E-state index contributed by atoms with van der Waals surface area (Å²) in [6.07, 6.45) is 1.49. The number of hydrogen-bond donors (Lipinski definition) is 1. The van der Waals surface area contributed by atoms with Gasteiger partial charge in [0.2, 0.25) is 5.91 Å². The summed E-state index contributed by atoms with van der Waals surface area (Å²) in [6.45, 7) is 0. The molecule has 0 atom stereocenters. The van der Waals surface area contributed by atoms with Gasteiger partial charge in [-0.05, 0) is 23.7 Å². The highest BCUT2D eigenvalue weighted by Crippen LogP contribution is 2.22. The molecule has 0 saturated carbocycles. The van der Waals surface area contributed by atoms with Crippen LogP contribution in [0.3, 0.4) is 0 Å². The van der Waals surface area contributed by atoms with E-state index in [0.717, 1.165) is 0 Å². The van der Waals surface area contributed by atoms with E-state index in [1.165, 1.54) is 6.20 Å². The Labute approximate surface area is 90.7 Å². The van der Waals surface area contributed by atoms with Crippen molar-refractivity contribution in [1.82, 2.24) is 4.98 Å². The number of carbonyl (C=O) groups is 1. The molecule has 0 bridgehead atoms. The summed E-state index contributed by atoms with van der Waals surface area (Å²) in [6, 6.07) is 6.75. The first kappa shape index (κ1) is 9.73. The molecule has 4 nitrogen and oxygen atoms in total. The molecule has 2 N–H and O–H groups in total. The van der Waals surface area contributed by atoms with Gasteiger partial charge in [-0.15, -0.1) is 0 Å². The maximum Gasteiger partial charge on any atom is 0.292 e. The molecule has 0 radical (unpaired) electrons. The molecule has 0 spiro atoms. The summed E-state index contributed by atoms with van der Waals surface area (Å²) < 4.78 is 5.11. The molecule has 0 aliphatic carbocycles. The van der Waals surface area contributed by atoms with E-state index in [4.69, 9.17) is 21.8 Å². The van der Waals surface area contributed by atoms with Gasteiger partial charge in [-0.3, -0.25) is 4.79 Å². The third-order valence-electron chi connectivity index (χ3n) is 1.91. The molecule has 76 valence electrons. The number of rotatable bonds is 2. The minimum atomic E-state index is -0.484. The number of nitrogens with zero attached hydrogens (tertiary/aromatic N) is 1. The van der Waals surface area contributed by atoms with Crippen molar-refractivity contribution in [2.75, 3.05) is 0 Å². The van der Waals surface area contributed by atoms with Gasteiger partial charge in [0.05, 0.1) is 6.20 Å². The lowest BCUT2D eigenvalue weighted by atomic mass is 10.1. The Hall–Kier alpha value is -1.81. The van der Waals surface area contributed by atoms with Gasteiger partial charge in [-0.25, -0.2) is 4.98 Å². The van der Waals surface area contributed by atoms with Gasteiger partial charge in [0, 0.05) is 11.1 Å². The molecule has 0 aliphatic rings. The molecule has 0 aliphatic heterocycles. The average molecular weight is 223 g/mol. The molecule has 1 heterocycles. The van der Waals surface area contributed by atoms with Crippen molar-refractivity contribution >= 4 is 17.5 Å². The van der Waals surface area contributed by atoms with Gasteiger partial charge < -0.3 is 10.2 Å². The predicted octanol–water partition coefficient (Wildman–Crippen LogP) is 2.09.